The van der Waals surface area contributed by atoms with Gasteiger partial charge in [0.25, 0.3) is 0 Å². The molecule has 2 rings (SSSR count). The van der Waals surface area contributed by atoms with Crippen LogP contribution in [0.25, 0.3) is 0 Å². The molecule has 2 N–H and O–H groups in total. The lowest BCUT2D eigenvalue weighted by molar-refractivity contribution is 0.373. The average Bonchev–Trinajstić information content (AvgIpc) is 2.59. The molecule has 0 bridgehead atoms. The Bertz CT molecular complexity index is 568. The quantitative estimate of drug-likeness (QED) is 0.804. The van der Waals surface area contributed by atoms with Gasteiger partial charge in [-0.1, -0.05) is 38.8 Å². The first-order valence-corrected chi connectivity index (χ1v) is 8.27. The Kier molecular flexibility index (Phi) is 8.55. The van der Waals surface area contributed by atoms with E-state index in [1.807, 2.05) is 24.3 Å². The third-order valence-corrected chi connectivity index (χ3v) is 3.57. The molecule has 2 aromatic rings. The molecule has 0 amide bonds. The van der Waals surface area contributed by atoms with Crippen LogP contribution in [0.3, 0.4) is 0 Å². The number of rotatable bonds is 6. The second-order valence-electron chi connectivity index (χ2n) is 5.51. The molecule has 2 aromatic carbocycles. The molecule has 0 radical (unpaired) electrons. The zero-order valence-electron chi connectivity index (χ0n) is 15.0. The summed E-state index contributed by atoms with van der Waals surface area (Å²) in [6.07, 6.45) is 4.26. The smallest absolute Gasteiger partial charge is 0.160 e. The third-order valence-electron chi connectivity index (χ3n) is 3.57. The zero-order chi connectivity index (χ0) is 17.9. The minimum Gasteiger partial charge on any atom is -0.504 e. The second-order valence-corrected chi connectivity index (χ2v) is 5.51. The van der Waals surface area contributed by atoms with E-state index in [0.717, 1.165) is 25.7 Å². The van der Waals surface area contributed by atoms with Crippen molar-refractivity contribution >= 4 is 0 Å². The van der Waals surface area contributed by atoms with Crippen LogP contribution < -0.4 is 9.47 Å². The van der Waals surface area contributed by atoms with Crippen molar-refractivity contribution in [3.63, 3.8) is 0 Å². The molecule has 132 valence electrons. The second kappa shape index (κ2) is 10.4. The van der Waals surface area contributed by atoms with Gasteiger partial charge in [0.15, 0.2) is 23.0 Å². The van der Waals surface area contributed by atoms with Gasteiger partial charge in [0.05, 0.1) is 14.2 Å². The highest BCUT2D eigenvalue weighted by molar-refractivity contribution is 5.42. The van der Waals surface area contributed by atoms with Crippen molar-refractivity contribution in [2.24, 2.45) is 0 Å². The van der Waals surface area contributed by atoms with Crippen LogP contribution >= 0.6 is 0 Å². The van der Waals surface area contributed by atoms with E-state index in [9.17, 15) is 10.2 Å². The van der Waals surface area contributed by atoms with Crippen LogP contribution in [0.15, 0.2) is 36.4 Å². The van der Waals surface area contributed by atoms with Gasteiger partial charge in [-0.05, 0) is 48.2 Å². The molecule has 4 nitrogen and oxygen atoms in total. The molecule has 0 saturated heterocycles. The highest BCUT2D eigenvalue weighted by Gasteiger charge is 2.01. The molecule has 0 saturated carbocycles. The topological polar surface area (TPSA) is 58.9 Å². The van der Waals surface area contributed by atoms with Gasteiger partial charge in [-0.3, -0.25) is 0 Å². The van der Waals surface area contributed by atoms with Gasteiger partial charge in [0.1, 0.15) is 0 Å². The number of benzene rings is 2. The zero-order valence-corrected chi connectivity index (χ0v) is 15.0. The lowest BCUT2D eigenvalue weighted by atomic mass is 10.1. The van der Waals surface area contributed by atoms with Crippen LogP contribution in [0.1, 0.15) is 37.8 Å². The van der Waals surface area contributed by atoms with Crippen LogP contribution in [0.5, 0.6) is 23.0 Å². The Balaban J connectivity index is 0.000000240. The summed E-state index contributed by atoms with van der Waals surface area (Å²) in [5.41, 5.74) is 2.40. The molecule has 24 heavy (non-hydrogen) atoms. The Morgan fingerprint density at radius 1 is 0.708 bits per heavy atom. The number of hydrogen-bond donors (Lipinski definition) is 2. The van der Waals surface area contributed by atoms with Crippen LogP contribution in [0, 0.1) is 0 Å². The molecular weight excluding hydrogens is 304 g/mol. The minimum absolute atomic E-state index is 0.206. The van der Waals surface area contributed by atoms with Crippen LogP contribution in [-0.2, 0) is 12.8 Å². The van der Waals surface area contributed by atoms with E-state index in [4.69, 9.17) is 9.47 Å². The number of ether oxygens (including phenoxy) is 2. The monoisotopic (exact) mass is 332 g/mol. The van der Waals surface area contributed by atoms with Gasteiger partial charge in [0.2, 0.25) is 0 Å². The van der Waals surface area contributed by atoms with Crippen molar-refractivity contribution in [1.29, 1.82) is 0 Å². The van der Waals surface area contributed by atoms with Gasteiger partial charge in [-0.2, -0.15) is 0 Å². The third kappa shape index (κ3) is 6.03. The Labute approximate surface area is 144 Å². The number of phenols is 2. The van der Waals surface area contributed by atoms with E-state index in [1.165, 1.54) is 11.1 Å². The maximum atomic E-state index is 9.28. The summed E-state index contributed by atoms with van der Waals surface area (Å²) < 4.78 is 9.96. The summed E-state index contributed by atoms with van der Waals surface area (Å²) in [6.45, 7) is 4.25. The standard InChI is InChI=1S/2C10H14O2/c2*1-3-4-8-5-6-9(11)10(7-8)12-2/h2*5-7,11H,3-4H2,1-2H3. The molecule has 0 aliphatic heterocycles. The SMILES string of the molecule is CCCc1ccc(O)c(OC)c1.CCCc1ccc(O)c(OC)c1. The van der Waals surface area contributed by atoms with Crippen molar-refractivity contribution in [2.75, 3.05) is 14.2 Å². The van der Waals surface area contributed by atoms with E-state index in [-0.39, 0.29) is 11.5 Å². The molecule has 0 aromatic heterocycles. The number of phenolic OH excluding ortho intramolecular Hbond substituents is 2. The van der Waals surface area contributed by atoms with Gasteiger partial charge < -0.3 is 19.7 Å². The van der Waals surface area contributed by atoms with Gasteiger partial charge in [-0.15, -0.1) is 0 Å². The van der Waals surface area contributed by atoms with Crippen molar-refractivity contribution in [3.8, 4) is 23.0 Å². The summed E-state index contributed by atoms with van der Waals surface area (Å²) in [4.78, 5) is 0. The van der Waals surface area contributed by atoms with Crippen LogP contribution in [0.4, 0.5) is 0 Å². The lowest BCUT2D eigenvalue weighted by Gasteiger charge is -2.05. The molecular formula is C20H28O4. The van der Waals surface area contributed by atoms with E-state index in [0.29, 0.717) is 11.5 Å². The fraction of sp³-hybridized carbons (Fsp3) is 0.400. The molecule has 0 fully saturated rings. The molecule has 0 aliphatic carbocycles. The minimum atomic E-state index is 0.206. The summed E-state index contributed by atoms with van der Waals surface area (Å²) >= 11 is 0. The van der Waals surface area contributed by atoms with Crippen molar-refractivity contribution in [3.05, 3.63) is 47.5 Å². The highest BCUT2D eigenvalue weighted by atomic mass is 16.5. The maximum absolute atomic E-state index is 9.28. The van der Waals surface area contributed by atoms with Crippen LogP contribution in [0.2, 0.25) is 0 Å². The van der Waals surface area contributed by atoms with Gasteiger partial charge in [-0.25, -0.2) is 0 Å². The molecule has 0 atom stereocenters. The summed E-state index contributed by atoms with van der Waals surface area (Å²) in [6, 6.07) is 10.9. The van der Waals surface area contributed by atoms with E-state index >= 15 is 0 Å². The molecule has 0 unspecified atom stereocenters. The first-order valence-electron chi connectivity index (χ1n) is 8.27. The summed E-state index contributed by atoms with van der Waals surface area (Å²) in [5, 5.41) is 18.6. The Hall–Kier alpha value is -2.36. The van der Waals surface area contributed by atoms with Gasteiger partial charge >= 0.3 is 0 Å². The fourth-order valence-electron chi connectivity index (χ4n) is 2.33. The first-order chi connectivity index (χ1) is 11.5. The highest BCUT2D eigenvalue weighted by Crippen LogP contribution is 2.27. The normalized spacial score (nSPS) is 9.83. The lowest BCUT2D eigenvalue weighted by Crippen LogP contribution is -1.87. The van der Waals surface area contributed by atoms with E-state index in [1.54, 1.807) is 26.4 Å². The average molecular weight is 332 g/mol. The predicted octanol–water partition coefficient (Wildman–Crippen LogP) is 4.71. The largest absolute Gasteiger partial charge is 0.504 e. The molecule has 0 heterocycles. The number of hydrogen-bond acceptors (Lipinski definition) is 4. The summed E-state index contributed by atoms with van der Waals surface area (Å²) in [7, 11) is 3.12. The van der Waals surface area contributed by atoms with E-state index in [2.05, 4.69) is 13.8 Å². The van der Waals surface area contributed by atoms with Gasteiger partial charge in [0, 0.05) is 0 Å². The number of aromatic hydroxyl groups is 2. The van der Waals surface area contributed by atoms with Crippen molar-refractivity contribution in [1.82, 2.24) is 0 Å². The first kappa shape index (κ1) is 19.7. The van der Waals surface area contributed by atoms with Crippen molar-refractivity contribution < 1.29 is 19.7 Å². The number of methoxy groups -OCH3 is 2. The van der Waals surface area contributed by atoms with E-state index < -0.39 is 0 Å². The molecule has 0 aliphatic rings. The summed E-state index contributed by atoms with van der Waals surface area (Å²) in [5.74, 6) is 1.52. The molecule has 0 spiro atoms. The Morgan fingerprint density at radius 3 is 1.38 bits per heavy atom. The Morgan fingerprint density at radius 2 is 1.08 bits per heavy atom. The fourth-order valence-corrected chi connectivity index (χ4v) is 2.33. The predicted molar refractivity (Wildman–Crippen MR) is 97.3 cm³/mol. The van der Waals surface area contributed by atoms with Crippen LogP contribution in [-0.4, -0.2) is 24.4 Å². The maximum Gasteiger partial charge on any atom is 0.160 e. The van der Waals surface area contributed by atoms with Crippen molar-refractivity contribution in [2.45, 2.75) is 39.5 Å². The number of aryl methyl sites for hydroxylation is 2. The molecule has 4 heteroatoms.